The summed E-state index contributed by atoms with van der Waals surface area (Å²) in [6.07, 6.45) is 0.926. The second-order valence-corrected chi connectivity index (χ2v) is 9.76. The highest BCUT2D eigenvalue weighted by molar-refractivity contribution is 7.98. The van der Waals surface area contributed by atoms with Gasteiger partial charge >= 0.3 is 0 Å². The van der Waals surface area contributed by atoms with Crippen molar-refractivity contribution in [1.29, 1.82) is 0 Å². The van der Waals surface area contributed by atoms with Crippen molar-refractivity contribution < 1.29 is 9.18 Å². The first-order chi connectivity index (χ1) is 16.9. The Morgan fingerprint density at radius 2 is 1.74 bits per heavy atom. The van der Waals surface area contributed by atoms with E-state index in [0.29, 0.717) is 51.9 Å². The zero-order chi connectivity index (χ0) is 24.8. The lowest BCUT2D eigenvalue weighted by Crippen LogP contribution is -2.25. The van der Waals surface area contributed by atoms with Crippen LogP contribution in [0.3, 0.4) is 0 Å². The Morgan fingerprint density at radius 3 is 2.49 bits per heavy atom. The Morgan fingerprint density at radius 1 is 1.03 bits per heavy atom. The molecule has 5 nitrogen and oxygen atoms in total. The topological polar surface area (TPSA) is 64.0 Å². The van der Waals surface area contributed by atoms with Crippen LogP contribution < -0.4 is 10.9 Å². The number of para-hydroxylation sites is 1. The quantitative estimate of drug-likeness (QED) is 0.244. The fourth-order valence-corrected chi connectivity index (χ4v) is 4.66. The Bertz CT molecular complexity index is 1380. The summed E-state index contributed by atoms with van der Waals surface area (Å²) in [7, 11) is 0. The number of thioether (sulfide) groups is 1. The Hall–Kier alpha value is -3.45. The van der Waals surface area contributed by atoms with Crippen molar-refractivity contribution in [3.05, 3.63) is 106 Å². The van der Waals surface area contributed by atoms with Gasteiger partial charge in [0.2, 0.25) is 0 Å². The van der Waals surface area contributed by atoms with Crippen molar-refractivity contribution >= 4 is 28.6 Å². The predicted molar refractivity (Wildman–Crippen MR) is 139 cm³/mol. The van der Waals surface area contributed by atoms with E-state index in [1.54, 1.807) is 47.0 Å². The normalized spacial score (nSPS) is 11.2. The third-order valence-corrected chi connectivity index (χ3v) is 6.73. The maximum absolute atomic E-state index is 14.2. The molecular weight excluding hydrogens is 461 g/mol. The number of hydrogen-bond donors (Lipinski definition) is 1. The number of amides is 1. The number of nitrogens with zero attached hydrogens (tertiary/aromatic N) is 2. The van der Waals surface area contributed by atoms with Crippen molar-refractivity contribution in [3.63, 3.8) is 0 Å². The van der Waals surface area contributed by atoms with E-state index in [-0.39, 0.29) is 17.3 Å². The molecule has 0 spiro atoms. The van der Waals surface area contributed by atoms with Gasteiger partial charge in [0.05, 0.1) is 17.4 Å². The van der Waals surface area contributed by atoms with Gasteiger partial charge in [-0.05, 0) is 53.8 Å². The highest BCUT2D eigenvalue weighted by Gasteiger charge is 2.14. The van der Waals surface area contributed by atoms with Gasteiger partial charge in [-0.25, -0.2) is 9.37 Å². The molecule has 0 unspecified atom stereocenters. The monoisotopic (exact) mass is 489 g/mol. The summed E-state index contributed by atoms with van der Waals surface area (Å²) in [6, 6.07) is 21.1. The average Bonchev–Trinajstić information content (AvgIpc) is 2.85. The Kier molecular flexibility index (Phi) is 7.98. The van der Waals surface area contributed by atoms with Gasteiger partial charge in [-0.1, -0.05) is 68.1 Å². The van der Waals surface area contributed by atoms with Crippen molar-refractivity contribution in [1.82, 2.24) is 14.9 Å². The molecule has 7 heteroatoms. The minimum Gasteiger partial charge on any atom is -0.352 e. The number of nitrogens with one attached hydrogen (secondary N) is 1. The molecule has 0 bridgehead atoms. The molecule has 1 N–H and O–H groups in total. The second-order valence-electron chi connectivity index (χ2n) is 8.82. The van der Waals surface area contributed by atoms with Crippen LogP contribution in [0.2, 0.25) is 0 Å². The smallest absolute Gasteiger partial charge is 0.262 e. The third-order valence-electron chi connectivity index (χ3n) is 5.71. The molecule has 180 valence electrons. The molecule has 4 aromatic rings. The van der Waals surface area contributed by atoms with E-state index < -0.39 is 0 Å². The molecule has 1 heterocycles. The minimum absolute atomic E-state index is 0.108. The average molecular weight is 490 g/mol. The van der Waals surface area contributed by atoms with E-state index in [2.05, 4.69) is 19.2 Å². The van der Waals surface area contributed by atoms with Crippen LogP contribution in [0.4, 0.5) is 4.39 Å². The first kappa shape index (κ1) is 24.7. The van der Waals surface area contributed by atoms with Crippen LogP contribution in [0, 0.1) is 11.7 Å². The Labute approximate surface area is 208 Å². The molecular formula is C28H28FN3O2S. The number of halogens is 1. The molecule has 0 saturated heterocycles. The molecule has 0 aliphatic carbocycles. The second kappa shape index (κ2) is 11.3. The molecule has 1 aromatic heterocycles. The van der Waals surface area contributed by atoms with Crippen LogP contribution in [0.5, 0.6) is 0 Å². The van der Waals surface area contributed by atoms with Crippen LogP contribution in [-0.2, 0) is 12.3 Å². The van der Waals surface area contributed by atoms with E-state index in [1.165, 1.54) is 17.8 Å². The number of carbonyl (C=O) groups is 1. The van der Waals surface area contributed by atoms with Crippen LogP contribution in [0.1, 0.15) is 41.8 Å². The fraction of sp³-hybridized carbons (Fsp3) is 0.250. The van der Waals surface area contributed by atoms with Gasteiger partial charge in [0.25, 0.3) is 11.5 Å². The van der Waals surface area contributed by atoms with Crippen LogP contribution in [-0.4, -0.2) is 22.0 Å². The zero-order valence-electron chi connectivity index (χ0n) is 19.8. The van der Waals surface area contributed by atoms with E-state index >= 15 is 0 Å². The summed E-state index contributed by atoms with van der Waals surface area (Å²) < 4.78 is 15.8. The SMILES string of the molecule is CC(C)CCNC(=O)c1ccc(Cn2c(SCc3ccccc3F)nc3ccccc3c2=O)cc1. The molecule has 0 atom stereocenters. The summed E-state index contributed by atoms with van der Waals surface area (Å²) in [6.45, 7) is 5.17. The molecule has 35 heavy (non-hydrogen) atoms. The lowest BCUT2D eigenvalue weighted by molar-refractivity contribution is 0.0952. The Balaban J connectivity index is 1.58. The van der Waals surface area contributed by atoms with Gasteiger partial charge in [0, 0.05) is 17.9 Å². The fourth-order valence-electron chi connectivity index (χ4n) is 3.68. The molecule has 0 saturated carbocycles. The molecule has 1 amide bonds. The highest BCUT2D eigenvalue weighted by atomic mass is 32.2. The first-order valence-corrected chi connectivity index (χ1v) is 12.6. The van der Waals surface area contributed by atoms with Crippen molar-refractivity contribution in [2.75, 3.05) is 6.54 Å². The number of carbonyl (C=O) groups excluding carboxylic acids is 1. The third kappa shape index (κ3) is 6.17. The van der Waals surface area contributed by atoms with Gasteiger partial charge in [-0.3, -0.25) is 14.2 Å². The minimum atomic E-state index is -0.281. The molecule has 3 aromatic carbocycles. The van der Waals surface area contributed by atoms with Crippen LogP contribution in [0.25, 0.3) is 10.9 Å². The van der Waals surface area contributed by atoms with Crippen molar-refractivity contribution in [2.24, 2.45) is 5.92 Å². The lowest BCUT2D eigenvalue weighted by Gasteiger charge is -2.14. The molecule has 0 aliphatic heterocycles. The number of benzene rings is 3. The first-order valence-electron chi connectivity index (χ1n) is 11.7. The molecule has 4 rings (SSSR count). The summed E-state index contributed by atoms with van der Waals surface area (Å²) in [5.74, 6) is 0.490. The lowest BCUT2D eigenvalue weighted by atomic mass is 10.1. The largest absolute Gasteiger partial charge is 0.352 e. The van der Waals surface area contributed by atoms with E-state index in [9.17, 15) is 14.0 Å². The molecule has 0 radical (unpaired) electrons. The predicted octanol–water partition coefficient (Wildman–Crippen LogP) is 5.65. The summed E-state index contributed by atoms with van der Waals surface area (Å²) in [5, 5.41) is 3.99. The number of hydrogen-bond acceptors (Lipinski definition) is 4. The van der Waals surface area contributed by atoms with Gasteiger partial charge in [-0.2, -0.15) is 0 Å². The maximum atomic E-state index is 14.2. The van der Waals surface area contributed by atoms with Crippen LogP contribution >= 0.6 is 11.8 Å². The zero-order valence-corrected chi connectivity index (χ0v) is 20.6. The van der Waals surface area contributed by atoms with Gasteiger partial charge < -0.3 is 5.32 Å². The van der Waals surface area contributed by atoms with Gasteiger partial charge in [0.1, 0.15) is 5.82 Å². The van der Waals surface area contributed by atoms with E-state index in [1.807, 2.05) is 24.3 Å². The standard InChI is InChI=1S/C28H28FN3O2S/c1-19(2)15-16-30-26(33)21-13-11-20(12-14-21)17-32-27(34)23-8-4-6-10-25(23)31-28(32)35-18-22-7-3-5-9-24(22)29/h3-14,19H,15-18H2,1-2H3,(H,30,33). The summed E-state index contributed by atoms with van der Waals surface area (Å²) >= 11 is 1.33. The van der Waals surface area contributed by atoms with Crippen molar-refractivity contribution in [2.45, 2.75) is 37.7 Å². The van der Waals surface area contributed by atoms with Gasteiger partial charge in [-0.15, -0.1) is 0 Å². The summed E-state index contributed by atoms with van der Waals surface area (Å²) in [4.78, 5) is 30.4. The maximum Gasteiger partial charge on any atom is 0.262 e. The highest BCUT2D eigenvalue weighted by Crippen LogP contribution is 2.24. The van der Waals surface area contributed by atoms with Crippen LogP contribution in [0.15, 0.2) is 82.7 Å². The molecule has 0 aliphatic rings. The number of fused-ring (bicyclic) bond motifs is 1. The van der Waals surface area contributed by atoms with E-state index in [0.717, 1.165) is 12.0 Å². The number of aromatic nitrogens is 2. The van der Waals surface area contributed by atoms with E-state index in [4.69, 9.17) is 4.98 Å². The molecule has 0 fully saturated rings. The summed E-state index contributed by atoms with van der Waals surface area (Å²) in [5.41, 5.74) is 2.46. The van der Waals surface area contributed by atoms with Gasteiger partial charge in [0.15, 0.2) is 5.16 Å². The number of rotatable bonds is 9. The van der Waals surface area contributed by atoms with Crippen molar-refractivity contribution in [3.8, 4) is 0 Å².